The molecule has 0 spiro atoms. The number of carbonyl (C=O) groups excluding carboxylic acids is 2. The van der Waals surface area contributed by atoms with Crippen molar-refractivity contribution >= 4 is 29.4 Å². The number of hydrogen-bond acceptors (Lipinski definition) is 6. The first kappa shape index (κ1) is 29.3. The van der Waals surface area contributed by atoms with Crippen molar-refractivity contribution in [2.24, 2.45) is 11.8 Å². The summed E-state index contributed by atoms with van der Waals surface area (Å²) in [7, 11) is 1.57. The van der Waals surface area contributed by atoms with Crippen LogP contribution in [0.15, 0.2) is 30.3 Å². The van der Waals surface area contributed by atoms with E-state index in [-0.39, 0.29) is 60.6 Å². The molecular weight excluding hydrogens is 551 g/mol. The van der Waals surface area contributed by atoms with Gasteiger partial charge in [-0.15, -0.1) is 0 Å². The largest absolute Gasteiger partial charge is 0.493 e. The molecule has 41 heavy (non-hydrogen) atoms. The Bertz CT molecular complexity index is 1300. The molecule has 1 atom stereocenters. The number of carbonyl (C=O) groups is 3. The summed E-state index contributed by atoms with van der Waals surface area (Å²) < 4.78 is 26.4. The van der Waals surface area contributed by atoms with E-state index in [1.54, 1.807) is 13.2 Å². The number of likely N-dealkylation sites (tertiary alicyclic amines) is 1. The Morgan fingerprint density at radius 1 is 1.05 bits per heavy atom. The molecule has 5 rings (SSSR count). The number of carboxylic acid groups (broad SMARTS) is 1. The van der Waals surface area contributed by atoms with E-state index in [0.717, 1.165) is 36.9 Å². The number of carboxylic acids is 1. The maximum atomic E-state index is 14.9. The predicted molar refractivity (Wildman–Crippen MR) is 150 cm³/mol. The summed E-state index contributed by atoms with van der Waals surface area (Å²) in [6.07, 6.45) is 4.94. The van der Waals surface area contributed by atoms with E-state index >= 15 is 0 Å². The second-order valence-corrected chi connectivity index (χ2v) is 11.6. The summed E-state index contributed by atoms with van der Waals surface area (Å²) in [5.41, 5.74) is 2.64. The molecule has 1 N–H and O–H groups in total. The SMILES string of the molecule is COc1cc(CN(CC2CCC(C(=O)O)CC2)[C@H]2CCc3c2ccc(Cl)c3F)ccc1OCCN1C(=O)CCC1=O. The van der Waals surface area contributed by atoms with Gasteiger partial charge < -0.3 is 14.6 Å². The van der Waals surface area contributed by atoms with Crippen molar-refractivity contribution in [2.45, 2.75) is 64.0 Å². The summed E-state index contributed by atoms with van der Waals surface area (Å²) in [5, 5.41) is 9.57. The number of imide groups is 1. The van der Waals surface area contributed by atoms with Crippen molar-refractivity contribution < 1.29 is 33.4 Å². The van der Waals surface area contributed by atoms with Gasteiger partial charge in [-0.1, -0.05) is 23.7 Å². The first-order valence-corrected chi connectivity index (χ1v) is 14.7. The van der Waals surface area contributed by atoms with Gasteiger partial charge in [0.2, 0.25) is 11.8 Å². The fraction of sp³-hybridized carbons (Fsp3) is 0.516. The molecule has 0 radical (unpaired) electrons. The van der Waals surface area contributed by atoms with Gasteiger partial charge in [-0.2, -0.15) is 0 Å². The fourth-order valence-corrected chi connectivity index (χ4v) is 6.68. The number of aliphatic carboxylic acids is 1. The average Bonchev–Trinajstić information content (AvgIpc) is 3.54. The molecule has 2 fully saturated rings. The Hall–Kier alpha value is -3.17. The Kier molecular flexibility index (Phi) is 9.14. The van der Waals surface area contributed by atoms with Crippen LogP contribution in [0.5, 0.6) is 11.5 Å². The van der Waals surface area contributed by atoms with Crippen LogP contribution in [-0.2, 0) is 27.3 Å². The second kappa shape index (κ2) is 12.8. The van der Waals surface area contributed by atoms with Gasteiger partial charge in [0.25, 0.3) is 0 Å². The number of halogens is 2. The van der Waals surface area contributed by atoms with Crippen LogP contribution in [0, 0.1) is 17.7 Å². The van der Waals surface area contributed by atoms with Gasteiger partial charge in [0.1, 0.15) is 12.4 Å². The zero-order valence-corrected chi connectivity index (χ0v) is 24.0. The zero-order chi connectivity index (χ0) is 29.1. The molecule has 2 aromatic rings. The summed E-state index contributed by atoms with van der Waals surface area (Å²) in [6, 6.07) is 9.31. The highest BCUT2D eigenvalue weighted by Crippen LogP contribution is 2.41. The number of benzene rings is 2. The van der Waals surface area contributed by atoms with Gasteiger partial charge in [0.05, 0.1) is 24.6 Å². The van der Waals surface area contributed by atoms with E-state index in [1.807, 2.05) is 24.3 Å². The van der Waals surface area contributed by atoms with Crippen LogP contribution in [0.2, 0.25) is 5.02 Å². The van der Waals surface area contributed by atoms with Crippen LogP contribution in [0.4, 0.5) is 4.39 Å². The minimum absolute atomic E-state index is 0.0198. The molecule has 2 amide bonds. The maximum Gasteiger partial charge on any atom is 0.306 e. The Morgan fingerprint density at radius 2 is 1.78 bits per heavy atom. The number of rotatable bonds is 11. The predicted octanol–water partition coefficient (Wildman–Crippen LogP) is 5.40. The smallest absolute Gasteiger partial charge is 0.306 e. The van der Waals surface area contributed by atoms with Crippen LogP contribution in [0.3, 0.4) is 0 Å². The molecule has 2 aliphatic carbocycles. The lowest BCUT2D eigenvalue weighted by Gasteiger charge is -2.35. The van der Waals surface area contributed by atoms with Crippen molar-refractivity contribution in [2.75, 3.05) is 26.8 Å². The molecule has 0 aromatic heterocycles. The third-order valence-electron chi connectivity index (χ3n) is 8.73. The lowest BCUT2D eigenvalue weighted by Crippen LogP contribution is -2.34. The zero-order valence-electron chi connectivity index (χ0n) is 23.2. The number of ether oxygens (including phenoxy) is 2. The molecular formula is C31H36ClFN2O6. The molecule has 1 aliphatic heterocycles. The van der Waals surface area contributed by atoms with Crippen LogP contribution in [0.25, 0.3) is 0 Å². The molecule has 3 aliphatic rings. The number of amides is 2. The minimum atomic E-state index is -0.717. The Morgan fingerprint density at radius 3 is 2.46 bits per heavy atom. The highest BCUT2D eigenvalue weighted by atomic mass is 35.5. The van der Waals surface area contributed by atoms with Gasteiger partial charge in [0, 0.05) is 32.0 Å². The summed E-state index contributed by atoms with van der Waals surface area (Å²) in [6.45, 7) is 1.74. The molecule has 1 saturated heterocycles. The number of nitrogens with zero attached hydrogens (tertiary/aromatic N) is 2. The molecule has 0 bridgehead atoms. The lowest BCUT2D eigenvalue weighted by atomic mass is 9.81. The van der Waals surface area contributed by atoms with Crippen LogP contribution >= 0.6 is 11.6 Å². The third kappa shape index (κ3) is 6.51. The highest BCUT2D eigenvalue weighted by Gasteiger charge is 2.34. The average molecular weight is 587 g/mol. The van der Waals surface area contributed by atoms with Gasteiger partial charge in [-0.05, 0) is 79.3 Å². The molecule has 0 unspecified atom stereocenters. The van der Waals surface area contributed by atoms with Gasteiger partial charge in [-0.3, -0.25) is 24.2 Å². The van der Waals surface area contributed by atoms with E-state index in [4.69, 9.17) is 21.1 Å². The van der Waals surface area contributed by atoms with Crippen molar-refractivity contribution in [3.8, 4) is 11.5 Å². The highest BCUT2D eigenvalue weighted by molar-refractivity contribution is 6.30. The maximum absolute atomic E-state index is 14.9. The molecule has 2 aromatic carbocycles. The van der Waals surface area contributed by atoms with E-state index in [2.05, 4.69) is 4.90 Å². The van der Waals surface area contributed by atoms with Gasteiger partial charge in [0.15, 0.2) is 11.5 Å². The fourth-order valence-electron chi connectivity index (χ4n) is 6.50. The lowest BCUT2D eigenvalue weighted by molar-refractivity contribution is -0.143. The first-order valence-electron chi connectivity index (χ1n) is 14.3. The van der Waals surface area contributed by atoms with Crippen molar-refractivity contribution in [1.29, 1.82) is 0 Å². The molecule has 10 heteroatoms. The first-order chi connectivity index (χ1) is 19.7. The summed E-state index contributed by atoms with van der Waals surface area (Å²) in [4.78, 5) is 38.8. The Labute approximate surface area is 244 Å². The number of hydrogen-bond donors (Lipinski definition) is 1. The van der Waals surface area contributed by atoms with Crippen LogP contribution in [-0.4, -0.2) is 59.5 Å². The minimum Gasteiger partial charge on any atom is -0.493 e. The molecule has 1 heterocycles. The number of fused-ring (bicyclic) bond motifs is 1. The van der Waals surface area contributed by atoms with Crippen LogP contribution in [0.1, 0.15) is 67.7 Å². The Balaban J connectivity index is 1.31. The standard InChI is InChI=1S/C31H36ClFN2O6/c1-40-27-16-20(4-11-26(27)41-15-14-35-28(36)12-13-29(35)37)18-34(17-19-2-5-21(6-3-19)31(38)39)25-10-8-23-22(25)7-9-24(32)30(23)33/h4,7,9,11,16,19,21,25H,2-3,5-6,8,10,12-15,17-18H2,1H3,(H,38,39)/t19?,21?,25-/m0/s1. The molecule has 8 nitrogen and oxygen atoms in total. The second-order valence-electron chi connectivity index (χ2n) is 11.2. The monoisotopic (exact) mass is 586 g/mol. The summed E-state index contributed by atoms with van der Waals surface area (Å²) >= 11 is 6.08. The topological polar surface area (TPSA) is 96.4 Å². The normalized spacial score (nSPS) is 22.3. The van der Waals surface area contributed by atoms with E-state index in [1.165, 1.54) is 4.90 Å². The third-order valence-corrected chi connectivity index (χ3v) is 9.02. The van der Waals surface area contributed by atoms with Crippen molar-refractivity contribution in [3.63, 3.8) is 0 Å². The van der Waals surface area contributed by atoms with Gasteiger partial charge in [-0.25, -0.2) is 4.39 Å². The van der Waals surface area contributed by atoms with Crippen molar-refractivity contribution in [1.82, 2.24) is 9.80 Å². The van der Waals surface area contributed by atoms with Crippen LogP contribution < -0.4 is 9.47 Å². The molecule has 220 valence electrons. The van der Waals surface area contributed by atoms with E-state index in [0.29, 0.717) is 48.8 Å². The number of methoxy groups -OCH3 is 1. The van der Waals surface area contributed by atoms with E-state index in [9.17, 15) is 23.9 Å². The molecule has 1 saturated carbocycles. The van der Waals surface area contributed by atoms with Crippen molar-refractivity contribution in [3.05, 3.63) is 57.9 Å². The van der Waals surface area contributed by atoms with E-state index < -0.39 is 5.97 Å². The summed E-state index contributed by atoms with van der Waals surface area (Å²) in [5.74, 6) is -0.250. The quantitative estimate of drug-likeness (QED) is 0.352. The van der Waals surface area contributed by atoms with Gasteiger partial charge >= 0.3 is 5.97 Å².